The van der Waals surface area contributed by atoms with Crippen LogP contribution in [0.15, 0.2) is 12.1 Å². The number of benzene rings is 1. The lowest BCUT2D eigenvalue weighted by molar-refractivity contribution is 0.0551. The molecule has 1 rings (SSSR count). The first-order valence-electron chi connectivity index (χ1n) is 6.49. The van der Waals surface area contributed by atoms with Crippen molar-refractivity contribution in [3.05, 3.63) is 29.3 Å². The molecule has 0 saturated carbocycles. The Labute approximate surface area is 112 Å². The summed E-state index contributed by atoms with van der Waals surface area (Å²) in [5.74, 6) is -1.94. The molecule has 0 bridgehead atoms. The lowest BCUT2D eigenvalue weighted by atomic mass is 10.2. The molecule has 0 saturated heterocycles. The van der Waals surface area contributed by atoms with Gasteiger partial charge in [-0.1, -0.05) is 6.92 Å². The molecule has 0 heterocycles. The summed E-state index contributed by atoms with van der Waals surface area (Å²) in [5.41, 5.74) is 0.528. The fourth-order valence-electron chi connectivity index (χ4n) is 1.52. The van der Waals surface area contributed by atoms with E-state index in [2.05, 4.69) is 5.32 Å². The van der Waals surface area contributed by atoms with Gasteiger partial charge in [0.15, 0.2) is 17.4 Å². The predicted octanol–water partition coefficient (Wildman–Crippen LogP) is 2.61. The summed E-state index contributed by atoms with van der Waals surface area (Å²) >= 11 is 0. The van der Waals surface area contributed by atoms with Crippen LogP contribution in [0.1, 0.15) is 32.8 Å². The number of aliphatic hydroxyl groups excluding tert-OH is 1. The molecule has 2 N–H and O–H groups in total. The highest BCUT2D eigenvalue weighted by atomic mass is 19.1. The van der Waals surface area contributed by atoms with Crippen molar-refractivity contribution in [3.63, 3.8) is 0 Å². The van der Waals surface area contributed by atoms with E-state index in [0.29, 0.717) is 12.1 Å². The van der Waals surface area contributed by atoms with Crippen molar-refractivity contribution in [1.82, 2.24) is 5.32 Å². The highest BCUT2D eigenvalue weighted by Gasteiger charge is 2.18. The van der Waals surface area contributed by atoms with E-state index in [1.165, 1.54) is 19.1 Å². The lowest BCUT2D eigenvalue weighted by Gasteiger charge is -2.18. The Kier molecular flexibility index (Phi) is 6.18. The Morgan fingerprint density at radius 3 is 2.32 bits per heavy atom. The van der Waals surface area contributed by atoms with Crippen molar-refractivity contribution in [3.8, 4) is 5.75 Å². The van der Waals surface area contributed by atoms with Crippen LogP contribution >= 0.6 is 0 Å². The number of rotatable bonds is 7. The Hall–Kier alpha value is -1.20. The van der Waals surface area contributed by atoms with Crippen molar-refractivity contribution in [2.45, 2.75) is 45.9 Å². The molecule has 3 nitrogen and oxygen atoms in total. The van der Waals surface area contributed by atoms with Gasteiger partial charge in [-0.2, -0.15) is 0 Å². The maximum absolute atomic E-state index is 13.8. The highest BCUT2D eigenvalue weighted by molar-refractivity contribution is 5.31. The van der Waals surface area contributed by atoms with Gasteiger partial charge < -0.3 is 15.2 Å². The Bertz CT molecular complexity index is 387. The SMILES string of the molecule is CCCNCc1cc(F)c(OC(C)C(C)O)c(F)c1. The smallest absolute Gasteiger partial charge is 0.191 e. The van der Waals surface area contributed by atoms with E-state index in [0.717, 1.165) is 13.0 Å². The third-order valence-corrected chi connectivity index (χ3v) is 2.80. The molecule has 0 spiro atoms. The summed E-state index contributed by atoms with van der Waals surface area (Å²) in [6.07, 6.45) is -0.518. The van der Waals surface area contributed by atoms with Crippen LogP contribution in [0.3, 0.4) is 0 Å². The van der Waals surface area contributed by atoms with Crippen LogP contribution in [0.2, 0.25) is 0 Å². The maximum Gasteiger partial charge on any atom is 0.191 e. The third-order valence-electron chi connectivity index (χ3n) is 2.80. The largest absolute Gasteiger partial charge is 0.482 e. The van der Waals surface area contributed by atoms with E-state index in [1.54, 1.807) is 6.92 Å². The monoisotopic (exact) mass is 273 g/mol. The molecule has 1 aromatic carbocycles. The number of aliphatic hydroxyl groups is 1. The first-order valence-corrected chi connectivity index (χ1v) is 6.49. The summed E-state index contributed by atoms with van der Waals surface area (Å²) in [5, 5.41) is 12.4. The second-order valence-corrected chi connectivity index (χ2v) is 4.63. The van der Waals surface area contributed by atoms with E-state index in [9.17, 15) is 13.9 Å². The number of nitrogens with one attached hydrogen (secondary N) is 1. The first-order chi connectivity index (χ1) is 8.95. The normalized spacial score (nSPS) is 14.2. The van der Waals surface area contributed by atoms with Gasteiger partial charge >= 0.3 is 0 Å². The van der Waals surface area contributed by atoms with Gasteiger partial charge in [0, 0.05) is 6.54 Å². The fourth-order valence-corrected chi connectivity index (χ4v) is 1.52. The predicted molar refractivity (Wildman–Crippen MR) is 70.1 cm³/mol. The van der Waals surface area contributed by atoms with Gasteiger partial charge in [0.25, 0.3) is 0 Å². The molecule has 5 heteroatoms. The second kappa shape index (κ2) is 7.40. The molecule has 0 radical (unpaired) electrons. The summed E-state index contributed by atoms with van der Waals surface area (Å²) in [6.45, 7) is 6.28. The van der Waals surface area contributed by atoms with Crippen molar-refractivity contribution in [2.24, 2.45) is 0 Å². The summed E-state index contributed by atoms with van der Waals surface area (Å²) in [7, 11) is 0. The number of ether oxygens (including phenoxy) is 1. The fraction of sp³-hybridized carbons (Fsp3) is 0.571. The first kappa shape index (κ1) is 15.9. The zero-order valence-corrected chi connectivity index (χ0v) is 11.5. The zero-order chi connectivity index (χ0) is 14.4. The van der Waals surface area contributed by atoms with Gasteiger partial charge in [0.05, 0.1) is 6.10 Å². The molecule has 2 unspecified atom stereocenters. The Morgan fingerprint density at radius 1 is 1.26 bits per heavy atom. The van der Waals surface area contributed by atoms with Gasteiger partial charge in [0.2, 0.25) is 0 Å². The molecule has 2 atom stereocenters. The molecule has 108 valence electrons. The van der Waals surface area contributed by atoms with E-state index in [1.807, 2.05) is 6.92 Å². The van der Waals surface area contributed by atoms with Gasteiger partial charge in [-0.15, -0.1) is 0 Å². The maximum atomic E-state index is 13.8. The third kappa shape index (κ3) is 4.76. The molecule has 1 aromatic rings. The number of hydrogen-bond donors (Lipinski definition) is 2. The minimum Gasteiger partial charge on any atom is -0.482 e. The van der Waals surface area contributed by atoms with Crippen LogP contribution in [-0.2, 0) is 6.54 Å². The van der Waals surface area contributed by atoms with E-state index < -0.39 is 29.6 Å². The zero-order valence-electron chi connectivity index (χ0n) is 11.5. The van der Waals surface area contributed by atoms with Gasteiger partial charge in [-0.25, -0.2) is 8.78 Å². The van der Waals surface area contributed by atoms with Crippen LogP contribution in [0.5, 0.6) is 5.75 Å². The van der Waals surface area contributed by atoms with Crippen molar-refractivity contribution < 1.29 is 18.6 Å². The van der Waals surface area contributed by atoms with Crippen LogP contribution in [0.25, 0.3) is 0 Å². The van der Waals surface area contributed by atoms with Crippen LogP contribution in [0.4, 0.5) is 8.78 Å². The molecule has 0 aliphatic rings. The standard InChI is InChI=1S/C14H21F2NO2/c1-4-5-17-8-11-6-12(15)14(13(16)7-11)19-10(3)9(2)18/h6-7,9-10,17-18H,4-5,8H2,1-3H3. The van der Waals surface area contributed by atoms with Gasteiger partial charge in [0.1, 0.15) is 6.10 Å². The summed E-state index contributed by atoms with van der Waals surface area (Å²) < 4.78 is 32.6. The molecule has 19 heavy (non-hydrogen) atoms. The molecule has 0 amide bonds. The molecule has 0 aliphatic heterocycles. The topological polar surface area (TPSA) is 41.5 Å². The molecular formula is C14H21F2NO2. The minimum absolute atomic E-state index is 0.411. The molecular weight excluding hydrogens is 252 g/mol. The van der Waals surface area contributed by atoms with E-state index in [-0.39, 0.29) is 0 Å². The Morgan fingerprint density at radius 2 is 1.84 bits per heavy atom. The average Bonchev–Trinajstić information content (AvgIpc) is 2.33. The van der Waals surface area contributed by atoms with Crippen molar-refractivity contribution in [1.29, 1.82) is 0 Å². The second-order valence-electron chi connectivity index (χ2n) is 4.63. The van der Waals surface area contributed by atoms with E-state index in [4.69, 9.17) is 4.74 Å². The van der Waals surface area contributed by atoms with Crippen LogP contribution in [-0.4, -0.2) is 23.9 Å². The van der Waals surface area contributed by atoms with Crippen LogP contribution < -0.4 is 10.1 Å². The molecule has 0 fully saturated rings. The number of halogens is 2. The van der Waals surface area contributed by atoms with Crippen molar-refractivity contribution >= 4 is 0 Å². The molecule has 0 aliphatic carbocycles. The average molecular weight is 273 g/mol. The molecule has 0 aromatic heterocycles. The van der Waals surface area contributed by atoms with Crippen LogP contribution in [0, 0.1) is 11.6 Å². The summed E-state index contributed by atoms with van der Waals surface area (Å²) in [4.78, 5) is 0. The van der Waals surface area contributed by atoms with Gasteiger partial charge in [-0.3, -0.25) is 0 Å². The summed E-state index contributed by atoms with van der Waals surface area (Å²) in [6, 6.07) is 2.49. The Balaban J connectivity index is 2.79. The van der Waals surface area contributed by atoms with Crippen molar-refractivity contribution in [2.75, 3.05) is 6.54 Å². The number of hydrogen-bond acceptors (Lipinski definition) is 3. The van der Waals surface area contributed by atoms with E-state index >= 15 is 0 Å². The highest BCUT2D eigenvalue weighted by Crippen LogP contribution is 2.25. The van der Waals surface area contributed by atoms with Gasteiger partial charge in [-0.05, 0) is 44.5 Å². The lowest BCUT2D eigenvalue weighted by Crippen LogP contribution is -2.26. The quantitative estimate of drug-likeness (QED) is 0.750. The minimum atomic E-state index is -0.801.